The third-order valence-electron chi connectivity index (χ3n) is 7.82. The quantitative estimate of drug-likeness (QED) is 0.209. The highest BCUT2D eigenvalue weighted by Gasteiger charge is 2.46. The van der Waals surface area contributed by atoms with Crippen molar-refractivity contribution in [2.45, 2.75) is 39.3 Å². The SMILES string of the molecule is C[Si](C)(C)c1cc2c(s1)B1c3sc([Si](C)(C)C)cc3N(c3ccccc3)c3cccc(c31)N2c1ccccc1. The lowest BCUT2D eigenvalue weighted by atomic mass is 9.39. The highest BCUT2D eigenvalue weighted by atomic mass is 32.1. The highest BCUT2D eigenvalue weighted by Crippen LogP contribution is 2.45. The molecule has 0 bridgehead atoms. The zero-order valence-electron chi connectivity index (χ0n) is 23.4. The van der Waals surface area contributed by atoms with Crippen LogP contribution in [0.5, 0.6) is 0 Å². The minimum absolute atomic E-state index is 0.270. The lowest BCUT2D eigenvalue weighted by molar-refractivity contribution is 1.27. The molecule has 0 unspecified atom stereocenters. The van der Waals surface area contributed by atoms with E-state index in [9.17, 15) is 0 Å². The van der Waals surface area contributed by atoms with Gasteiger partial charge in [0, 0.05) is 32.3 Å². The number of hydrogen-bond donors (Lipinski definition) is 0. The second-order valence-corrected chi connectivity index (χ2v) is 25.7. The summed E-state index contributed by atoms with van der Waals surface area (Å²) in [4.78, 5) is 5.07. The minimum atomic E-state index is -1.51. The van der Waals surface area contributed by atoms with E-state index in [1.54, 1.807) is 9.00 Å². The molecular weight excluding hydrogens is 543 g/mol. The molecule has 7 heteroatoms. The van der Waals surface area contributed by atoms with E-state index in [2.05, 4.69) is 163 Å². The average Bonchev–Trinajstić information content (AvgIpc) is 3.55. The smallest absolute Gasteiger partial charge is 0.276 e. The first kappa shape index (κ1) is 25.1. The van der Waals surface area contributed by atoms with Gasteiger partial charge in [0.15, 0.2) is 0 Å². The van der Waals surface area contributed by atoms with Gasteiger partial charge in [0.2, 0.25) is 0 Å². The number of benzene rings is 3. The molecule has 0 N–H and O–H groups in total. The van der Waals surface area contributed by atoms with Gasteiger partial charge in [-0.1, -0.05) is 81.7 Å². The molecular formula is C32H33BN2S2Si2. The Morgan fingerprint density at radius 3 is 1.31 bits per heavy atom. The van der Waals surface area contributed by atoms with Crippen molar-refractivity contribution in [2.75, 3.05) is 9.80 Å². The third-order valence-corrected chi connectivity index (χ3v) is 17.4. The fourth-order valence-corrected chi connectivity index (χ4v) is 12.2. The monoisotopic (exact) mass is 576 g/mol. The molecule has 39 heavy (non-hydrogen) atoms. The van der Waals surface area contributed by atoms with E-state index in [-0.39, 0.29) is 6.71 Å². The number of anilines is 6. The Bertz CT molecular complexity index is 1580. The van der Waals surface area contributed by atoms with E-state index in [1.807, 2.05) is 0 Å². The fraction of sp³-hybridized carbons (Fsp3) is 0.188. The van der Waals surface area contributed by atoms with Gasteiger partial charge >= 0.3 is 0 Å². The van der Waals surface area contributed by atoms with Crippen LogP contribution in [-0.2, 0) is 0 Å². The van der Waals surface area contributed by atoms with Crippen LogP contribution in [0.2, 0.25) is 39.3 Å². The standard InChI is InChI=1S/C32H33BN2S2Si2/c1-38(2,3)28-20-26-31(36-28)33-30-24(34(26)22-14-9-7-10-15-22)18-13-19-25(30)35(23-16-11-8-12-17-23)27-21-29(37-32(27)33)39(4,5)6/h7-21H,1-6H3. The summed E-state index contributed by atoms with van der Waals surface area (Å²) in [7, 11) is -3.02. The maximum Gasteiger partial charge on any atom is 0.276 e. The summed E-state index contributed by atoms with van der Waals surface area (Å²) < 4.78 is 6.18. The van der Waals surface area contributed by atoms with Crippen LogP contribution < -0.4 is 33.8 Å². The predicted molar refractivity (Wildman–Crippen MR) is 182 cm³/mol. The van der Waals surface area contributed by atoms with E-state index in [1.165, 1.54) is 49.1 Å². The summed E-state index contributed by atoms with van der Waals surface area (Å²) >= 11 is 4.15. The average molecular weight is 577 g/mol. The zero-order valence-corrected chi connectivity index (χ0v) is 27.1. The molecule has 0 atom stereocenters. The molecule has 7 rings (SSSR count). The van der Waals surface area contributed by atoms with Crippen molar-refractivity contribution in [3.05, 3.63) is 91.0 Å². The highest BCUT2D eigenvalue weighted by molar-refractivity contribution is 7.43. The summed E-state index contributed by atoms with van der Waals surface area (Å²) in [6.45, 7) is 15.1. The van der Waals surface area contributed by atoms with Crippen LogP contribution >= 0.6 is 22.7 Å². The zero-order chi connectivity index (χ0) is 27.1. The molecule has 2 aromatic heterocycles. The summed E-state index contributed by atoms with van der Waals surface area (Å²) in [6, 6.07) is 33.9. The summed E-state index contributed by atoms with van der Waals surface area (Å²) in [5, 5.41) is 0. The molecule has 4 heterocycles. The Balaban J connectivity index is 1.58. The molecule has 2 nitrogen and oxygen atoms in total. The molecule has 0 saturated heterocycles. The van der Waals surface area contributed by atoms with Crippen molar-refractivity contribution in [2.24, 2.45) is 0 Å². The number of fused-ring (bicyclic) bond motifs is 4. The van der Waals surface area contributed by atoms with Crippen LogP contribution in [-0.4, -0.2) is 22.9 Å². The van der Waals surface area contributed by atoms with E-state index in [0.717, 1.165) is 0 Å². The molecule has 0 aliphatic carbocycles. The Labute approximate surface area is 242 Å². The van der Waals surface area contributed by atoms with Gasteiger partial charge in [-0.2, -0.15) is 22.7 Å². The molecule has 0 amide bonds. The number of thiophene rings is 2. The molecule has 2 aliphatic rings. The summed E-state index contributed by atoms with van der Waals surface area (Å²) in [6.07, 6.45) is 0. The van der Waals surface area contributed by atoms with Crippen LogP contribution in [0, 0.1) is 0 Å². The van der Waals surface area contributed by atoms with Crippen molar-refractivity contribution in [1.82, 2.24) is 0 Å². The maximum absolute atomic E-state index is 2.53. The van der Waals surface area contributed by atoms with Crippen molar-refractivity contribution in [3.63, 3.8) is 0 Å². The molecule has 0 radical (unpaired) electrons. The van der Waals surface area contributed by atoms with Gasteiger partial charge in [-0.25, -0.2) is 0 Å². The van der Waals surface area contributed by atoms with Gasteiger partial charge in [-0.15, -0.1) is 0 Å². The first-order valence-corrected chi connectivity index (χ1v) is 22.4. The van der Waals surface area contributed by atoms with Gasteiger partial charge < -0.3 is 9.80 Å². The van der Waals surface area contributed by atoms with Gasteiger partial charge in [-0.3, -0.25) is 0 Å². The fourth-order valence-electron chi connectivity index (χ4n) is 5.87. The van der Waals surface area contributed by atoms with Gasteiger partial charge in [0.05, 0.1) is 27.5 Å². The Hall–Kier alpha value is -2.84. The largest absolute Gasteiger partial charge is 0.311 e. The van der Waals surface area contributed by atoms with Crippen LogP contribution in [0.15, 0.2) is 91.0 Å². The molecule has 2 aliphatic heterocycles. The Morgan fingerprint density at radius 1 is 0.513 bits per heavy atom. The van der Waals surface area contributed by atoms with E-state index in [4.69, 9.17) is 0 Å². The molecule has 0 fully saturated rings. The third kappa shape index (κ3) is 3.93. The van der Waals surface area contributed by atoms with Crippen molar-refractivity contribution in [1.29, 1.82) is 0 Å². The van der Waals surface area contributed by atoms with Gasteiger partial charge in [0.1, 0.15) is 0 Å². The second kappa shape index (κ2) is 8.83. The van der Waals surface area contributed by atoms with Gasteiger partial charge in [-0.05, 0) is 63.0 Å². The van der Waals surface area contributed by atoms with E-state index < -0.39 is 16.1 Å². The molecule has 3 aromatic carbocycles. The lowest BCUT2D eigenvalue weighted by Gasteiger charge is -2.41. The summed E-state index contributed by atoms with van der Waals surface area (Å²) in [5.41, 5.74) is 9.28. The van der Waals surface area contributed by atoms with Crippen LogP contribution in [0.3, 0.4) is 0 Å². The second-order valence-electron chi connectivity index (χ2n) is 12.7. The van der Waals surface area contributed by atoms with Crippen LogP contribution in [0.25, 0.3) is 0 Å². The van der Waals surface area contributed by atoms with Gasteiger partial charge in [0.25, 0.3) is 6.71 Å². The lowest BCUT2D eigenvalue weighted by Crippen LogP contribution is -2.59. The molecule has 0 saturated carbocycles. The minimum Gasteiger partial charge on any atom is -0.311 e. The Morgan fingerprint density at radius 2 is 0.923 bits per heavy atom. The topological polar surface area (TPSA) is 6.48 Å². The first-order chi connectivity index (χ1) is 18.6. The molecule has 194 valence electrons. The van der Waals surface area contributed by atoms with E-state index in [0.29, 0.717) is 0 Å². The number of hydrogen-bond acceptors (Lipinski definition) is 4. The Kier molecular flexibility index (Phi) is 5.69. The number of para-hydroxylation sites is 2. The van der Waals surface area contributed by atoms with Crippen molar-refractivity contribution in [3.8, 4) is 0 Å². The maximum atomic E-state index is 2.53. The normalized spacial score (nSPS) is 14.3. The number of rotatable bonds is 4. The van der Waals surface area contributed by atoms with Crippen molar-refractivity contribution < 1.29 is 0 Å². The predicted octanol–water partition coefficient (Wildman–Crippen LogP) is 6.98. The van der Waals surface area contributed by atoms with Crippen LogP contribution in [0.1, 0.15) is 0 Å². The van der Waals surface area contributed by atoms with Crippen LogP contribution in [0.4, 0.5) is 34.1 Å². The summed E-state index contributed by atoms with van der Waals surface area (Å²) in [5.74, 6) is 0. The van der Waals surface area contributed by atoms with Crippen molar-refractivity contribution >= 4 is 104 Å². The molecule has 0 spiro atoms. The molecule has 5 aromatic rings. The number of nitrogens with zero attached hydrogens (tertiary/aromatic N) is 2. The first-order valence-electron chi connectivity index (χ1n) is 13.7. The van der Waals surface area contributed by atoms with E-state index >= 15 is 0 Å².